The summed E-state index contributed by atoms with van der Waals surface area (Å²) in [6.07, 6.45) is 5.80. The average Bonchev–Trinajstić information content (AvgIpc) is 3.04. The van der Waals surface area contributed by atoms with Gasteiger partial charge in [-0.25, -0.2) is 4.39 Å². The summed E-state index contributed by atoms with van der Waals surface area (Å²) in [7, 11) is 0. The molecule has 0 spiro atoms. The van der Waals surface area contributed by atoms with Crippen molar-refractivity contribution in [2.45, 2.75) is 45.3 Å². The smallest absolute Gasteiger partial charge is 0.246 e. The van der Waals surface area contributed by atoms with Crippen LogP contribution in [0.2, 0.25) is 0 Å². The third-order valence-electron chi connectivity index (χ3n) is 5.02. The molecule has 1 aliphatic carbocycles. The molecule has 1 N–H and O–H groups in total. The van der Waals surface area contributed by atoms with Crippen LogP contribution in [0.5, 0.6) is 0 Å². The SMILES string of the molecule is C=CC(=O)N(Cc1ccc(F)cc1C)C1CCCc2c1cnn2CCO. The van der Waals surface area contributed by atoms with Crippen LogP contribution in [0.1, 0.15) is 41.3 Å². The van der Waals surface area contributed by atoms with E-state index in [9.17, 15) is 14.3 Å². The van der Waals surface area contributed by atoms with E-state index in [0.29, 0.717) is 13.1 Å². The maximum Gasteiger partial charge on any atom is 0.246 e. The number of fused-ring (bicyclic) bond motifs is 1. The molecule has 26 heavy (non-hydrogen) atoms. The molecule has 1 amide bonds. The van der Waals surface area contributed by atoms with Crippen molar-refractivity contribution in [2.24, 2.45) is 0 Å². The van der Waals surface area contributed by atoms with E-state index in [4.69, 9.17) is 0 Å². The van der Waals surface area contributed by atoms with E-state index in [1.807, 2.05) is 11.6 Å². The van der Waals surface area contributed by atoms with Gasteiger partial charge in [0.1, 0.15) is 5.82 Å². The molecular formula is C20H24FN3O2. The van der Waals surface area contributed by atoms with Gasteiger partial charge >= 0.3 is 0 Å². The van der Waals surface area contributed by atoms with E-state index < -0.39 is 0 Å². The molecule has 5 nitrogen and oxygen atoms in total. The fraction of sp³-hybridized carbons (Fsp3) is 0.400. The molecule has 1 heterocycles. The number of hydrogen-bond donors (Lipinski definition) is 1. The van der Waals surface area contributed by atoms with Gasteiger partial charge in [-0.1, -0.05) is 12.6 Å². The lowest BCUT2D eigenvalue weighted by Crippen LogP contribution is -2.35. The molecular weight excluding hydrogens is 333 g/mol. The predicted octanol–water partition coefficient (Wildman–Crippen LogP) is 2.92. The first-order valence-electron chi connectivity index (χ1n) is 8.88. The van der Waals surface area contributed by atoms with E-state index >= 15 is 0 Å². The molecule has 1 aromatic heterocycles. The molecule has 0 fully saturated rings. The largest absolute Gasteiger partial charge is 0.394 e. The molecule has 3 rings (SSSR count). The number of benzene rings is 1. The van der Waals surface area contributed by atoms with Crippen molar-refractivity contribution in [3.8, 4) is 0 Å². The topological polar surface area (TPSA) is 58.4 Å². The minimum atomic E-state index is -0.280. The zero-order chi connectivity index (χ0) is 18.7. The standard InChI is InChI=1S/C20H24FN3O2/c1-3-20(26)23(13-15-7-8-16(21)11-14(15)2)18-5-4-6-19-17(18)12-22-24(19)9-10-25/h3,7-8,11-12,18,25H,1,4-6,9-10,13H2,2H3. The summed E-state index contributed by atoms with van der Waals surface area (Å²) in [6.45, 7) is 6.37. The van der Waals surface area contributed by atoms with Crippen molar-refractivity contribution >= 4 is 5.91 Å². The zero-order valence-corrected chi connectivity index (χ0v) is 15.0. The second-order valence-electron chi connectivity index (χ2n) is 6.64. The van der Waals surface area contributed by atoms with Crippen LogP contribution in [0.4, 0.5) is 4.39 Å². The second kappa shape index (κ2) is 7.83. The Morgan fingerprint density at radius 1 is 1.54 bits per heavy atom. The summed E-state index contributed by atoms with van der Waals surface area (Å²) >= 11 is 0. The molecule has 6 heteroatoms. The maximum atomic E-state index is 13.4. The van der Waals surface area contributed by atoms with Crippen LogP contribution in [0.25, 0.3) is 0 Å². The monoisotopic (exact) mass is 357 g/mol. The van der Waals surface area contributed by atoms with Crippen LogP contribution in [-0.2, 0) is 24.3 Å². The van der Waals surface area contributed by atoms with Crippen LogP contribution < -0.4 is 0 Å². The van der Waals surface area contributed by atoms with Crippen LogP contribution >= 0.6 is 0 Å². The summed E-state index contributed by atoms with van der Waals surface area (Å²) in [5.41, 5.74) is 3.84. The highest BCUT2D eigenvalue weighted by molar-refractivity contribution is 5.87. The number of carbonyl (C=O) groups excluding carboxylic acids is 1. The summed E-state index contributed by atoms with van der Waals surface area (Å²) in [5, 5.41) is 13.6. The van der Waals surface area contributed by atoms with Gasteiger partial charge in [0.2, 0.25) is 5.91 Å². The summed E-state index contributed by atoms with van der Waals surface area (Å²) in [6, 6.07) is 4.54. The zero-order valence-electron chi connectivity index (χ0n) is 15.0. The Balaban J connectivity index is 1.94. The Morgan fingerprint density at radius 3 is 3.04 bits per heavy atom. The van der Waals surface area contributed by atoms with Gasteiger partial charge in [0.25, 0.3) is 0 Å². The lowest BCUT2D eigenvalue weighted by Gasteiger charge is -2.34. The molecule has 0 bridgehead atoms. The number of hydrogen-bond acceptors (Lipinski definition) is 3. The fourth-order valence-electron chi connectivity index (χ4n) is 3.69. The predicted molar refractivity (Wildman–Crippen MR) is 96.9 cm³/mol. The number of aliphatic hydroxyl groups excluding tert-OH is 1. The van der Waals surface area contributed by atoms with E-state index in [1.165, 1.54) is 18.2 Å². The minimum absolute atomic E-state index is 0.0306. The van der Waals surface area contributed by atoms with Gasteiger partial charge in [-0.05, 0) is 55.5 Å². The summed E-state index contributed by atoms with van der Waals surface area (Å²) < 4.78 is 15.2. The van der Waals surface area contributed by atoms with Gasteiger partial charge in [0, 0.05) is 17.8 Å². The van der Waals surface area contributed by atoms with E-state index in [-0.39, 0.29) is 24.4 Å². The molecule has 0 radical (unpaired) electrons. The molecule has 0 saturated heterocycles. The third-order valence-corrected chi connectivity index (χ3v) is 5.02. The van der Waals surface area contributed by atoms with Gasteiger partial charge in [0.15, 0.2) is 0 Å². The van der Waals surface area contributed by atoms with E-state index in [2.05, 4.69) is 11.7 Å². The van der Waals surface area contributed by atoms with E-state index in [0.717, 1.165) is 41.6 Å². The first-order chi connectivity index (χ1) is 12.5. The molecule has 0 saturated carbocycles. The highest BCUT2D eigenvalue weighted by Gasteiger charge is 2.31. The molecule has 2 aromatic rings. The van der Waals surface area contributed by atoms with Crippen molar-refractivity contribution in [1.82, 2.24) is 14.7 Å². The van der Waals surface area contributed by atoms with Gasteiger partial charge in [0.05, 0.1) is 25.4 Å². The number of nitrogens with zero attached hydrogens (tertiary/aromatic N) is 3. The lowest BCUT2D eigenvalue weighted by molar-refractivity contribution is -0.129. The Kier molecular flexibility index (Phi) is 5.52. The van der Waals surface area contributed by atoms with Crippen molar-refractivity contribution in [3.05, 3.63) is 65.3 Å². The summed E-state index contributed by atoms with van der Waals surface area (Å²) in [5.74, 6) is -0.431. The fourth-order valence-corrected chi connectivity index (χ4v) is 3.69. The van der Waals surface area contributed by atoms with Crippen LogP contribution in [0.15, 0.2) is 37.1 Å². The Morgan fingerprint density at radius 2 is 2.35 bits per heavy atom. The summed E-state index contributed by atoms with van der Waals surface area (Å²) in [4.78, 5) is 14.4. The minimum Gasteiger partial charge on any atom is -0.394 e. The maximum absolute atomic E-state index is 13.4. The van der Waals surface area contributed by atoms with Gasteiger partial charge in [-0.15, -0.1) is 0 Å². The van der Waals surface area contributed by atoms with Crippen molar-refractivity contribution in [3.63, 3.8) is 0 Å². The van der Waals surface area contributed by atoms with Gasteiger partial charge in [-0.2, -0.15) is 5.10 Å². The number of halogens is 1. The highest BCUT2D eigenvalue weighted by Crippen LogP contribution is 2.35. The normalized spacial score (nSPS) is 16.2. The molecule has 1 atom stereocenters. The highest BCUT2D eigenvalue weighted by atomic mass is 19.1. The number of rotatable bonds is 6. The van der Waals surface area contributed by atoms with Gasteiger partial charge in [-0.3, -0.25) is 9.48 Å². The van der Waals surface area contributed by atoms with Crippen LogP contribution in [-0.4, -0.2) is 32.3 Å². The average molecular weight is 357 g/mol. The molecule has 138 valence electrons. The molecule has 1 aliphatic rings. The number of aryl methyl sites for hydroxylation is 1. The Labute approximate surface area is 152 Å². The Hall–Kier alpha value is -2.47. The van der Waals surface area contributed by atoms with Crippen LogP contribution in [0.3, 0.4) is 0 Å². The number of amides is 1. The van der Waals surface area contributed by atoms with Crippen LogP contribution in [0, 0.1) is 12.7 Å². The van der Waals surface area contributed by atoms with Crippen molar-refractivity contribution in [2.75, 3.05) is 6.61 Å². The number of aromatic nitrogens is 2. The first-order valence-corrected chi connectivity index (χ1v) is 8.88. The number of aliphatic hydroxyl groups is 1. The Bertz CT molecular complexity index is 815. The van der Waals surface area contributed by atoms with Crippen molar-refractivity contribution < 1.29 is 14.3 Å². The van der Waals surface area contributed by atoms with E-state index in [1.54, 1.807) is 17.2 Å². The molecule has 1 unspecified atom stereocenters. The van der Waals surface area contributed by atoms with Gasteiger partial charge < -0.3 is 10.0 Å². The second-order valence-corrected chi connectivity index (χ2v) is 6.64. The molecule has 1 aromatic carbocycles. The van der Waals surface area contributed by atoms with Crippen molar-refractivity contribution in [1.29, 1.82) is 0 Å². The first kappa shape index (κ1) is 18.3. The number of carbonyl (C=O) groups is 1. The lowest BCUT2D eigenvalue weighted by atomic mass is 9.91. The molecule has 0 aliphatic heterocycles. The quantitative estimate of drug-likeness (QED) is 0.809. The third kappa shape index (κ3) is 3.55.